The lowest BCUT2D eigenvalue weighted by Crippen LogP contribution is -2.24. The van der Waals surface area contributed by atoms with Crippen LogP contribution in [0.15, 0.2) is 48.8 Å². The summed E-state index contributed by atoms with van der Waals surface area (Å²) in [5, 5.41) is 12.2. The number of rotatable bonds is 3. The maximum atomic E-state index is 11.9. The number of benzene rings is 1. The molecule has 1 aromatic carbocycles. The van der Waals surface area contributed by atoms with Crippen molar-refractivity contribution in [2.24, 2.45) is 0 Å². The van der Waals surface area contributed by atoms with E-state index in [2.05, 4.69) is 4.98 Å². The fourth-order valence-corrected chi connectivity index (χ4v) is 1.65. The number of aryl methyl sites for hydroxylation is 1. The summed E-state index contributed by atoms with van der Waals surface area (Å²) in [7, 11) is 0. The molecule has 0 radical (unpaired) electrons. The molecular formula is C14H13N2O2-. The summed E-state index contributed by atoms with van der Waals surface area (Å²) >= 11 is 0. The Bertz CT molecular complexity index is 541. The lowest BCUT2D eigenvalue weighted by molar-refractivity contribution is 0.0814. The molecule has 0 spiro atoms. The predicted octanol–water partition coefficient (Wildman–Crippen LogP) is 2.53. The minimum absolute atomic E-state index is 0.0370. The van der Waals surface area contributed by atoms with E-state index in [4.69, 9.17) is 0 Å². The molecular weight excluding hydrogens is 228 g/mol. The van der Waals surface area contributed by atoms with Crippen molar-refractivity contribution in [3.05, 3.63) is 70.7 Å². The minimum Gasteiger partial charge on any atom is -0.756 e. The highest BCUT2D eigenvalue weighted by atomic mass is 16.5. The molecule has 18 heavy (non-hydrogen) atoms. The van der Waals surface area contributed by atoms with Gasteiger partial charge in [-0.15, -0.1) is 0 Å². The smallest absolute Gasteiger partial charge is 0.243 e. The van der Waals surface area contributed by atoms with Crippen LogP contribution in [-0.4, -0.2) is 16.0 Å². The van der Waals surface area contributed by atoms with Crippen LogP contribution in [0.1, 0.15) is 21.5 Å². The van der Waals surface area contributed by atoms with E-state index < -0.39 is 5.91 Å². The Hall–Kier alpha value is -2.20. The van der Waals surface area contributed by atoms with Gasteiger partial charge in [0.2, 0.25) is 5.91 Å². The normalized spacial score (nSPS) is 10.1. The van der Waals surface area contributed by atoms with Crippen molar-refractivity contribution in [2.75, 3.05) is 0 Å². The summed E-state index contributed by atoms with van der Waals surface area (Å²) in [4.78, 5) is 15.8. The van der Waals surface area contributed by atoms with Gasteiger partial charge in [-0.2, -0.15) is 0 Å². The van der Waals surface area contributed by atoms with E-state index in [0.29, 0.717) is 10.6 Å². The van der Waals surface area contributed by atoms with E-state index in [0.717, 1.165) is 11.1 Å². The number of amides is 1. The van der Waals surface area contributed by atoms with Gasteiger partial charge in [-0.05, 0) is 36.8 Å². The summed E-state index contributed by atoms with van der Waals surface area (Å²) in [5.41, 5.74) is 2.14. The van der Waals surface area contributed by atoms with E-state index in [1.807, 2.05) is 13.0 Å². The number of carbonyl (C=O) groups excluding carboxylic acids is 1. The largest absolute Gasteiger partial charge is 0.756 e. The number of hydrogen-bond donors (Lipinski definition) is 0. The molecule has 0 saturated heterocycles. The Morgan fingerprint density at radius 2 is 2.00 bits per heavy atom. The van der Waals surface area contributed by atoms with Gasteiger partial charge in [-0.1, -0.05) is 17.7 Å². The van der Waals surface area contributed by atoms with Gasteiger partial charge in [0, 0.05) is 24.5 Å². The monoisotopic (exact) mass is 241 g/mol. The molecule has 0 aliphatic rings. The van der Waals surface area contributed by atoms with Gasteiger partial charge >= 0.3 is 0 Å². The van der Waals surface area contributed by atoms with Crippen LogP contribution in [0.3, 0.4) is 0 Å². The van der Waals surface area contributed by atoms with Crippen molar-refractivity contribution < 1.29 is 4.79 Å². The molecule has 2 rings (SSSR count). The van der Waals surface area contributed by atoms with Crippen molar-refractivity contribution in [1.29, 1.82) is 0 Å². The second kappa shape index (κ2) is 5.42. The number of carbonyl (C=O) groups is 1. The molecule has 0 saturated carbocycles. The number of hydrogen-bond acceptors (Lipinski definition) is 3. The first-order valence-electron chi connectivity index (χ1n) is 5.61. The fraction of sp³-hybridized carbons (Fsp3) is 0.143. The summed E-state index contributed by atoms with van der Waals surface area (Å²) in [6.07, 6.45) is 3.20. The molecule has 1 amide bonds. The highest BCUT2D eigenvalue weighted by molar-refractivity contribution is 5.94. The van der Waals surface area contributed by atoms with Crippen LogP contribution < -0.4 is 0 Å². The highest BCUT2D eigenvalue weighted by Gasteiger charge is 2.07. The third-order valence-electron chi connectivity index (χ3n) is 2.57. The second-order valence-corrected chi connectivity index (χ2v) is 4.07. The second-order valence-electron chi connectivity index (χ2n) is 4.07. The van der Waals surface area contributed by atoms with Crippen LogP contribution >= 0.6 is 0 Å². The van der Waals surface area contributed by atoms with Crippen molar-refractivity contribution in [2.45, 2.75) is 13.5 Å². The first kappa shape index (κ1) is 12.3. The van der Waals surface area contributed by atoms with E-state index in [1.54, 1.807) is 42.7 Å². The molecule has 0 unspecified atom stereocenters. The number of aromatic nitrogens is 1. The summed E-state index contributed by atoms with van der Waals surface area (Å²) < 4.78 is 0. The maximum absolute atomic E-state index is 11.9. The molecule has 2 aromatic rings. The van der Waals surface area contributed by atoms with E-state index in [1.165, 1.54) is 0 Å². The van der Waals surface area contributed by atoms with Crippen molar-refractivity contribution in [3.8, 4) is 0 Å². The molecule has 0 aliphatic carbocycles. The molecule has 0 N–H and O–H groups in total. The Morgan fingerprint density at radius 1 is 1.28 bits per heavy atom. The van der Waals surface area contributed by atoms with Crippen LogP contribution in [0.5, 0.6) is 0 Å². The molecule has 4 nitrogen and oxygen atoms in total. The first-order chi connectivity index (χ1) is 8.66. The minimum atomic E-state index is -0.518. The molecule has 1 aromatic heterocycles. The molecule has 0 bridgehead atoms. The lowest BCUT2D eigenvalue weighted by atomic mass is 10.1. The fourth-order valence-electron chi connectivity index (χ4n) is 1.65. The molecule has 92 valence electrons. The van der Waals surface area contributed by atoms with E-state index in [9.17, 15) is 10.0 Å². The molecule has 0 aliphatic heterocycles. The molecule has 4 heteroatoms. The van der Waals surface area contributed by atoms with Gasteiger partial charge in [0.25, 0.3) is 0 Å². The van der Waals surface area contributed by atoms with Gasteiger partial charge < -0.3 is 10.3 Å². The maximum Gasteiger partial charge on any atom is 0.243 e. The van der Waals surface area contributed by atoms with Gasteiger partial charge in [0.1, 0.15) is 0 Å². The zero-order chi connectivity index (χ0) is 13.0. The van der Waals surface area contributed by atoms with Crippen molar-refractivity contribution in [3.63, 3.8) is 0 Å². The Morgan fingerprint density at radius 3 is 2.67 bits per heavy atom. The average molecular weight is 241 g/mol. The third-order valence-corrected chi connectivity index (χ3v) is 2.57. The third kappa shape index (κ3) is 2.93. The SMILES string of the molecule is Cc1cccc(C(=O)N([O-])Cc2ccncc2)c1. The summed E-state index contributed by atoms with van der Waals surface area (Å²) in [6, 6.07) is 10.4. The summed E-state index contributed by atoms with van der Waals surface area (Å²) in [6.45, 7) is 1.92. The van der Waals surface area contributed by atoms with Crippen LogP contribution in [0, 0.1) is 12.1 Å². The Kier molecular flexibility index (Phi) is 3.69. The number of pyridine rings is 1. The standard InChI is InChI=1S/C14H13N2O2/c1-11-3-2-4-13(9-11)14(17)16(18)10-12-5-7-15-8-6-12/h2-9H,10H2,1H3/q-1. The number of hydroxylamine groups is 2. The summed E-state index contributed by atoms with van der Waals surface area (Å²) in [5.74, 6) is -0.518. The van der Waals surface area contributed by atoms with Crippen molar-refractivity contribution >= 4 is 5.91 Å². The van der Waals surface area contributed by atoms with Crippen LogP contribution in [-0.2, 0) is 6.54 Å². The van der Waals surface area contributed by atoms with E-state index in [-0.39, 0.29) is 6.54 Å². The van der Waals surface area contributed by atoms with Gasteiger partial charge in [0.15, 0.2) is 0 Å². The zero-order valence-electron chi connectivity index (χ0n) is 10.0. The topological polar surface area (TPSA) is 56.3 Å². The average Bonchev–Trinajstić information content (AvgIpc) is 2.39. The molecule has 0 fully saturated rings. The first-order valence-corrected chi connectivity index (χ1v) is 5.61. The molecule has 1 heterocycles. The van der Waals surface area contributed by atoms with Crippen LogP contribution in [0.2, 0.25) is 0 Å². The number of nitrogens with zero attached hydrogens (tertiary/aromatic N) is 2. The quantitative estimate of drug-likeness (QED) is 0.776. The predicted molar refractivity (Wildman–Crippen MR) is 68.7 cm³/mol. The lowest BCUT2D eigenvalue weighted by Gasteiger charge is -2.28. The van der Waals surface area contributed by atoms with Crippen LogP contribution in [0.4, 0.5) is 0 Å². The van der Waals surface area contributed by atoms with E-state index >= 15 is 0 Å². The Labute approximate surface area is 105 Å². The highest BCUT2D eigenvalue weighted by Crippen LogP contribution is 2.10. The van der Waals surface area contributed by atoms with Gasteiger partial charge in [0.05, 0.1) is 0 Å². The van der Waals surface area contributed by atoms with Crippen LogP contribution in [0.25, 0.3) is 0 Å². The van der Waals surface area contributed by atoms with Gasteiger partial charge in [-0.25, -0.2) is 0 Å². The Balaban J connectivity index is 2.10. The van der Waals surface area contributed by atoms with Gasteiger partial charge in [-0.3, -0.25) is 9.78 Å². The van der Waals surface area contributed by atoms with Crippen molar-refractivity contribution in [1.82, 2.24) is 10.0 Å². The molecule has 0 atom stereocenters. The zero-order valence-corrected chi connectivity index (χ0v) is 10.0.